The number of nitriles is 1. The molecule has 2 nitrogen and oxygen atoms in total. The molecule has 0 unspecified atom stereocenters. The monoisotopic (exact) mass is 227 g/mol. The maximum Gasteiger partial charge on any atom is 0.167 e. The highest BCUT2D eigenvalue weighted by molar-refractivity contribution is 5.40. The van der Waals surface area contributed by atoms with Crippen molar-refractivity contribution < 1.29 is 9.13 Å². The van der Waals surface area contributed by atoms with Crippen LogP contribution in [-0.4, -0.2) is 0 Å². The van der Waals surface area contributed by atoms with E-state index >= 15 is 0 Å². The van der Waals surface area contributed by atoms with Crippen LogP contribution in [0.3, 0.4) is 0 Å². The number of ether oxygens (including phenoxy) is 1. The van der Waals surface area contributed by atoms with Crippen LogP contribution in [0.5, 0.6) is 11.5 Å². The summed E-state index contributed by atoms with van der Waals surface area (Å²) in [6.07, 6.45) is 0. The second-order valence-electron chi connectivity index (χ2n) is 3.62. The molecule has 0 fully saturated rings. The minimum Gasteiger partial charge on any atom is -0.454 e. The van der Waals surface area contributed by atoms with Gasteiger partial charge >= 0.3 is 0 Å². The van der Waals surface area contributed by atoms with Crippen molar-refractivity contribution in [2.75, 3.05) is 0 Å². The van der Waals surface area contributed by atoms with Crippen LogP contribution in [0, 0.1) is 24.1 Å². The fourth-order valence-electron chi connectivity index (χ4n) is 1.44. The first-order valence-corrected chi connectivity index (χ1v) is 5.14. The van der Waals surface area contributed by atoms with Crippen LogP contribution in [-0.2, 0) is 0 Å². The lowest BCUT2D eigenvalue weighted by Crippen LogP contribution is -1.91. The zero-order valence-electron chi connectivity index (χ0n) is 9.27. The zero-order valence-corrected chi connectivity index (χ0v) is 9.27. The zero-order chi connectivity index (χ0) is 12.3. The van der Waals surface area contributed by atoms with Crippen molar-refractivity contribution in [1.29, 1.82) is 5.26 Å². The summed E-state index contributed by atoms with van der Waals surface area (Å²) in [6, 6.07) is 13.4. The molecular formula is C14H10FNO. The van der Waals surface area contributed by atoms with E-state index in [1.165, 1.54) is 12.1 Å². The number of rotatable bonds is 2. The van der Waals surface area contributed by atoms with E-state index in [4.69, 9.17) is 10.00 Å². The molecular weight excluding hydrogens is 217 g/mol. The number of aryl methyl sites for hydroxylation is 1. The molecule has 2 rings (SSSR count). The van der Waals surface area contributed by atoms with Gasteiger partial charge in [-0.2, -0.15) is 5.26 Å². The molecule has 0 aliphatic rings. The molecule has 3 heteroatoms. The Labute approximate surface area is 98.9 Å². The van der Waals surface area contributed by atoms with E-state index in [2.05, 4.69) is 0 Å². The predicted molar refractivity (Wildman–Crippen MR) is 62.4 cm³/mol. The van der Waals surface area contributed by atoms with Gasteiger partial charge in [0, 0.05) is 0 Å². The van der Waals surface area contributed by atoms with Gasteiger partial charge in [0.2, 0.25) is 0 Å². The predicted octanol–water partition coefficient (Wildman–Crippen LogP) is 3.80. The summed E-state index contributed by atoms with van der Waals surface area (Å²) in [6.45, 7) is 1.89. The van der Waals surface area contributed by atoms with Gasteiger partial charge in [-0.15, -0.1) is 0 Å². The standard InChI is InChI=1S/C14H10FNO/c1-10-4-2-3-5-13(10)17-14-7-6-11(9-16)8-12(14)15/h2-8H,1H3. The Morgan fingerprint density at radius 1 is 1.12 bits per heavy atom. The quantitative estimate of drug-likeness (QED) is 0.781. The molecule has 84 valence electrons. The van der Waals surface area contributed by atoms with Gasteiger partial charge in [-0.3, -0.25) is 0 Å². The summed E-state index contributed by atoms with van der Waals surface area (Å²) in [5.74, 6) is 0.196. The molecule has 0 radical (unpaired) electrons. The summed E-state index contributed by atoms with van der Waals surface area (Å²) in [5.41, 5.74) is 1.20. The molecule has 0 saturated carbocycles. The highest BCUT2D eigenvalue weighted by atomic mass is 19.1. The maximum atomic E-state index is 13.6. The number of para-hydroxylation sites is 1. The third kappa shape index (κ3) is 2.43. The normalized spacial score (nSPS) is 9.71. The van der Waals surface area contributed by atoms with Gasteiger partial charge in [0.25, 0.3) is 0 Å². The van der Waals surface area contributed by atoms with Crippen molar-refractivity contribution in [3.63, 3.8) is 0 Å². The van der Waals surface area contributed by atoms with Gasteiger partial charge < -0.3 is 4.74 Å². The van der Waals surface area contributed by atoms with E-state index in [0.717, 1.165) is 11.6 Å². The Hall–Kier alpha value is -2.34. The molecule has 2 aromatic carbocycles. The fraction of sp³-hybridized carbons (Fsp3) is 0.0714. The van der Waals surface area contributed by atoms with E-state index in [1.54, 1.807) is 6.07 Å². The van der Waals surface area contributed by atoms with Crippen molar-refractivity contribution in [3.8, 4) is 17.6 Å². The third-order valence-corrected chi connectivity index (χ3v) is 2.37. The molecule has 0 aliphatic carbocycles. The smallest absolute Gasteiger partial charge is 0.167 e. The largest absolute Gasteiger partial charge is 0.454 e. The van der Waals surface area contributed by atoms with Crippen LogP contribution in [0.1, 0.15) is 11.1 Å². The summed E-state index contributed by atoms with van der Waals surface area (Å²) in [4.78, 5) is 0. The van der Waals surface area contributed by atoms with E-state index < -0.39 is 5.82 Å². The highest BCUT2D eigenvalue weighted by Gasteiger charge is 2.07. The van der Waals surface area contributed by atoms with Gasteiger partial charge in [0.1, 0.15) is 5.75 Å². The Balaban J connectivity index is 2.32. The maximum absolute atomic E-state index is 13.6. The van der Waals surface area contributed by atoms with Crippen LogP contribution >= 0.6 is 0 Å². The summed E-state index contributed by atoms with van der Waals surface area (Å²) >= 11 is 0. The van der Waals surface area contributed by atoms with E-state index in [1.807, 2.05) is 31.2 Å². The Kier molecular flexibility index (Phi) is 3.06. The van der Waals surface area contributed by atoms with Crippen molar-refractivity contribution in [1.82, 2.24) is 0 Å². The molecule has 0 bridgehead atoms. The van der Waals surface area contributed by atoms with Crippen LogP contribution in [0.25, 0.3) is 0 Å². The van der Waals surface area contributed by atoms with Crippen LogP contribution < -0.4 is 4.74 Å². The molecule has 0 amide bonds. The first-order chi connectivity index (χ1) is 8.20. The van der Waals surface area contributed by atoms with E-state index in [-0.39, 0.29) is 11.3 Å². The molecule has 17 heavy (non-hydrogen) atoms. The van der Waals surface area contributed by atoms with Gasteiger partial charge in [-0.25, -0.2) is 4.39 Å². The fourth-order valence-corrected chi connectivity index (χ4v) is 1.44. The highest BCUT2D eigenvalue weighted by Crippen LogP contribution is 2.27. The van der Waals surface area contributed by atoms with Gasteiger partial charge in [-0.1, -0.05) is 18.2 Å². The Morgan fingerprint density at radius 3 is 2.53 bits per heavy atom. The Morgan fingerprint density at radius 2 is 1.88 bits per heavy atom. The molecule has 0 aromatic heterocycles. The molecule has 0 atom stereocenters. The first kappa shape index (κ1) is 11.2. The molecule has 0 heterocycles. The number of hydrogen-bond donors (Lipinski definition) is 0. The summed E-state index contributed by atoms with van der Waals surface area (Å²) in [7, 11) is 0. The van der Waals surface area contributed by atoms with Crippen molar-refractivity contribution in [2.45, 2.75) is 6.92 Å². The van der Waals surface area contributed by atoms with Crippen molar-refractivity contribution in [2.24, 2.45) is 0 Å². The van der Waals surface area contributed by atoms with Crippen molar-refractivity contribution in [3.05, 3.63) is 59.4 Å². The molecule has 0 spiro atoms. The lowest BCUT2D eigenvalue weighted by molar-refractivity contribution is 0.439. The molecule has 0 aliphatic heterocycles. The lowest BCUT2D eigenvalue weighted by Gasteiger charge is -2.08. The second kappa shape index (κ2) is 4.67. The average molecular weight is 227 g/mol. The molecule has 2 aromatic rings. The topological polar surface area (TPSA) is 33.0 Å². The average Bonchev–Trinajstić information content (AvgIpc) is 2.34. The van der Waals surface area contributed by atoms with E-state index in [9.17, 15) is 4.39 Å². The third-order valence-electron chi connectivity index (χ3n) is 2.37. The lowest BCUT2D eigenvalue weighted by atomic mass is 10.2. The van der Waals surface area contributed by atoms with Crippen LogP contribution in [0.15, 0.2) is 42.5 Å². The summed E-state index contributed by atoms with van der Waals surface area (Å²) in [5, 5.41) is 8.63. The number of halogens is 1. The number of benzene rings is 2. The summed E-state index contributed by atoms with van der Waals surface area (Å²) < 4.78 is 19.0. The van der Waals surface area contributed by atoms with Crippen molar-refractivity contribution >= 4 is 0 Å². The van der Waals surface area contributed by atoms with Gasteiger partial charge in [0.15, 0.2) is 11.6 Å². The van der Waals surface area contributed by atoms with Gasteiger partial charge in [0.05, 0.1) is 11.6 Å². The van der Waals surface area contributed by atoms with Gasteiger partial charge in [-0.05, 0) is 36.8 Å². The SMILES string of the molecule is Cc1ccccc1Oc1ccc(C#N)cc1F. The second-order valence-corrected chi connectivity index (χ2v) is 3.62. The van der Waals surface area contributed by atoms with Crippen LogP contribution in [0.4, 0.5) is 4.39 Å². The van der Waals surface area contributed by atoms with E-state index in [0.29, 0.717) is 5.75 Å². The molecule has 0 saturated heterocycles. The Bertz CT molecular complexity index is 587. The minimum atomic E-state index is -0.535. The first-order valence-electron chi connectivity index (χ1n) is 5.14. The number of nitrogens with zero attached hydrogens (tertiary/aromatic N) is 1. The number of hydrogen-bond acceptors (Lipinski definition) is 2. The minimum absolute atomic E-state index is 0.123. The molecule has 0 N–H and O–H groups in total. The van der Waals surface area contributed by atoms with Crippen LogP contribution in [0.2, 0.25) is 0 Å².